The zero-order chi connectivity index (χ0) is 12.1. The highest BCUT2D eigenvalue weighted by molar-refractivity contribution is 4.90. The van der Waals surface area contributed by atoms with E-state index in [0.717, 1.165) is 13.2 Å². The molecule has 0 radical (unpaired) electrons. The van der Waals surface area contributed by atoms with Gasteiger partial charge in [-0.25, -0.2) is 0 Å². The first-order valence-corrected chi connectivity index (χ1v) is 5.53. The number of hydrogen-bond acceptors (Lipinski definition) is 3. The van der Waals surface area contributed by atoms with Gasteiger partial charge in [0.25, 0.3) is 0 Å². The van der Waals surface area contributed by atoms with Crippen molar-refractivity contribution in [3.63, 3.8) is 0 Å². The standard InChI is InChI=1S/C6H10F3NO.C4H8O/c7-6(8,9)5(11)1-3-10-4-2-5;1-2-4-5-3-1/h10-11H,1-4H2;1-4H2. The van der Waals surface area contributed by atoms with Gasteiger partial charge in [0.1, 0.15) is 0 Å². The summed E-state index contributed by atoms with van der Waals surface area (Å²) in [5, 5.41) is 11.8. The predicted octanol–water partition coefficient (Wildman–Crippen LogP) is 1.46. The summed E-state index contributed by atoms with van der Waals surface area (Å²) in [6, 6.07) is 0. The summed E-state index contributed by atoms with van der Waals surface area (Å²) < 4.78 is 41.1. The molecule has 0 atom stereocenters. The van der Waals surface area contributed by atoms with Crippen molar-refractivity contribution in [2.75, 3.05) is 26.3 Å². The Labute approximate surface area is 93.0 Å². The fourth-order valence-corrected chi connectivity index (χ4v) is 1.63. The van der Waals surface area contributed by atoms with Gasteiger partial charge in [0.05, 0.1) is 0 Å². The highest BCUT2D eigenvalue weighted by Gasteiger charge is 2.53. The largest absolute Gasteiger partial charge is 0.417 e. The quantitative estimate of drug-likeness (QED) is 0.674. The highest BCUT2D eigenvalue weighted by Crippen LogP contribution is 2.36. The van der Waals surface area contributed by atoms with Crippen molar-refractivity contribution in [3.8, 4) is 0 Å². The van der Waals surface area contributed by atoms with Gasteiger partial charge in [0.15, 0.2) is 5.60 Å². The van der Waals surface area contributed by atoms with Gasteiger partial charge in [0.2, 0.25) is 0 Å². The molecule has 0 spiro atoms. The van der Waals surface area contributed by atoms with Crippen LogP contribution in [0.2, 0.25) is 0 Å². The monoisotopic (exact) mass is 241 g/mol. The second-order valence-corrected chi connectivity index (χ2v) is 4.10. The molecule has 2 rings (SSSR count). The van der Waals surface area contributed by atoms with E-state index < -0.39 is 11.8 Å². The van der Waals surface area contributed by atoms with Gasteiger partial charge in [0, 0.05) is 13.2 Å². The van der Waals surface area contributed by atoms with Crippen molar-refractivity contribution in [1.82, 2.24) is 5.32 Å². The van der Waals surface area contributed by atoms with Gasteiger partial charge >= 0.3 is 6.18 Å². The average molecular weight is 241 g/mol. The second-order valence-electron chi connectivity index (χ2n) is 4.10. The van der Waals surface area contributed by atoms with E-state index >= 15 is 0 Å². The van der Waals surface area contributed by atoms with Crippen LogP contribution in [0.25, 0.3) is 0 Å². The van der Waals surface area contributed by atoms with Gasteiger partial charge in [-0.3, -0.25) is 0 Å². The summed E-state index contributed by atoms with van der Waals surface area (Å²) in [4.78, 5) is 0. The fraction of sp³-hybridized carbons (Fsp3) is 1.00. The van der Waals surface area contributed by atoms with Crippen LogP contribution in [0.1, 0.15) is 25.7 Å². The summed E-state index contributed by atoms with van der Waals surface area (Å²) in [5.41, 5.74) is -2.45. The third kappa shape index (κ3) is 3.92. The van der Waals surface area contributed by atoms with Crippen molar-refractivity contribution < 1.29 is 23.0 Å². The molecule has 0 saturated carbocycles. The summed E-state index contributed by atoms with van der Waals surface area (Å²) >= 11 is 0. The van der Waals surface area contributed by atoms with Gasteiger partial charge in [-0.2, -0.15) is 13.2 Å². The Morgan fingerprint density at radius 2 is 1.56 bits per heavy atom. The van der Waals surface area contributed by atoms with E-state index in [1.165, 1.54) is 12.8 Å². The van der Waals surface area contributed by atoms with Crippen molar-refractivity contribution in [1.29, 1.82) is 0 Å². The maximum absolute atomic E-state index is 12.0. The normalized spacial score (nSPS) is 24.8. The number of alkyl halides is 3. The van der Waals surface area contributed by atoms with Crippen molar-refractivity contribution in [2.45, 2.75) is 37.5 Å². The van der Waals surface area contributed by atoms with Crippen LogP contribution < -0.4 is 5.32 Å². The molecule has 0 bridgehead atoms. The van der Waals surface area contributed by atoms with Gasteiger partial charge in [-0.05, 0) is 38.8 Å². The van der Waals surface area contributed by atoms with Crippen LogP contribution >= 0.6 is 0 Å². The molecular weight excluding hydrogens is 223 g/mol. The Balaban J connectivity index is 0.000000212. The Morgan fingerprint density at radius 1 is 1.06 bits per heavy atom. The molecular formula is C10H18F3NO2. The lowest BCUT2D eigenvalue weighted by Crippen LogP contribution is -2.52. The second kappa shape index (κ2) is 5.84. The van der Waals surface area contributed by atoms with Crippen molar-refractivity contribution >= 4 is 0 Å². The first-order valence-electron chi connectivity index (χ1n) is 5.53. The first-order chi connectivity index (χ1) is 7.46. The van der Waals surface area contributed by atoms with Crippen LogP contribution in [0, 0.1) is 0 Å². The van der Waals surface area contributed by atoms with Crippen LogP contribution in [-0.4, -0.2) is 43.2 Å². The minimum absolute atomic E-state index is 0.232. The number of rotatable bonds is 0. The lowest BCUT2D eigenvalue weighted by Gasteiger charge is -2.34. The number of ether oxygens (including phenoxy) is 1. The molecule has 0 aromatic rings. The van der Waals surface area contributed by atoms with Crippen LogP contribution in [0.4, 0.5) is 13.2 Å². The summed E-state index contributed by atoms with van der Waals surface area (Å²) in [7, 11) is 0. The van der Waals surface area contributed by atoms with Gasteiger partial charge in [-0.1, -0.05) is 0 Å². The number of halogens is 3. The average Bonchev–Trinajstić information content (AvgIpc) is 2.75. The smallest absolute Gasteiger partial charge is 0.381 e. The van der Waals surface area contributed by atoms with Crippen LogP contribution in [0.5, 0.6) is 0 Å². The number of aliphatic hydroxyl groups is 1. The Bertz CT molecular complexity index is 191. The molecule has 3 nitrogen and oxygen atoms in total. The molecule has 0 unspecified atom stereocenters. The summed E-state index contributed by atoms with van der Waals surface area (Å²) in [6.45, 7) is 2.46. The highest BCUT2D eigenvalue weighted by atomic mass is 19.4. The zero-order valence-corrected chi connectivity index (χ0v) is 9.15. The fourth-order valence-electron chi connectivity index (χ4n) is 1.63. The van der Waals surface area contributed by atoms with Gasteiger partial charge in [-0.15, -0.1) is 0 Å². The maximum atomic E-state index is 12.0. The molecule has 2 aliphatic rings. The van der Waals surface area contributed by atoms with E-state index in [1.54, 1.807) is 0 Å². The van der Waals surface area contributed by atoms with E-state index in [0.29, 0.717) is 0 Å². The van der Waals surface area contributed by atoms with Crippen LogP contribution in [0.15, 0.2) is 0 Å². The number of nitrogens with one attached hydrogen (secondary N) is 1. The van der Waals surface area contributed by atoms with E-state index in [2.05, 4.69) is 5.32 Å². The van der Waals surface area contributed by atoms with E-state index in [4.69, 9.17) is 9.84 Å². The lowest BCUT2D eigenvalue weighted by molar-refractivity contribution is -0.267. The lowest BCUT2D eigenvalue weighted by atomic mass is 9.92. The van der Waals surface area contributed by atoms with Crippen LogP contribution in [0.3, 0.4) is 0 Å². The molecule has 0 amide bonds. The topological polar surface area (TPSA) is 41.5 Å². The predicted molar refractivity (Wildman–Crippen MR) is 53.2 cm³/mol. The van der Waals surface area contributed by atoms with Crippen molar-refractivity contribution in [2.24, 2.45) is 0 Å². The molecule has 6 heteroatoms. The van der Waals surface area contributed by atoms with Gasteiger partial charge < -0.3 is 15.2 Å². The van der Waals surface area contributed by atoms with E-state index in [-0.39, 0.29) is 25.9 Å². The Morgan fingerprint density at radius 3 is 1.81 bits per heavy atom. The number of hydrogen-bond donors (Lipinski definition) is 2. The minimum atomic E-state index is -4.48. The van der Waals surface area contributed by atoms with Crippen molar-refractivity contribution in [3.05, 3.63) is 0 Å². The third-order valence-electron chi connectivity index (χ3n) is 2.79. The molecule has 0 aliphatic carbocycles. The maximum Gasteiger partial charge on any atom is 0.417 e. The molecule has 16 heavy (non-hydrogen) atoms. The summed E-state index contributed by atoms with van der Waals surface area (Å²) in [6.07, 6.45) is -2.40. The Kier molecular flexibility index (Phi) is 5.01. The molecule has 2 saturated heterocycles. The molecule has 2 aliphatic heterocycles. The molecule has 96 valence electrons. The Hall–Kier alpha value is -0.330. The molecule has 2 N–H and O–H groups in total. The van der Waals surface area contributed by atoms with E-state index in [9.17, 15) is 13.2 Å². The molecule has 0 aromatic carbocycles. The third-order valence-corrected chi connectivity index (χ3v) is 2.79. The molecule has 0 aromatic heterocycles. The molecule has 2 heterocycles. The van der Waals surface area contributed by atoms with Crippen LogP contribution in [-0.2, 0) is 4.74 Å². The van der Waals surface area contributed by atoms with E-state index in [1.807, 2.05) is 0 Å². The number of piperidine rings is 1. The minimum Gasteiger partial charge on any atom is -0.381 e. The first kappa shape index (κ1) is 13.7. The molecule has 2 fully saturated rings. The zero-order valence-electron chi connectivity index (χ0n) is 9.15. The SMILES string of the molecule is C1CCOC1.OC1(C(F)(F)F)CCNCC1. The summed E-state index contributed by atoms with van der Waals surface area (Å²) in [5.74, 6) is 0.